The zero-order chi connectivity index (χ0) is 29.6. The van der Waals surface area contributed by atoms with Crippen LogP contribution < -0.4 is 9.62 Å². The maximum absolute atomic E-state index is 14.1. The number of amides is 2. The van der Waals surface area contributed by atoms with Gasteiger partial charge in [0.05, 0.1) is 10.6 Å². The summed E-state index contributed by atoms with van der Waals surface area (Å²) in [6, 6.07) is 18.2. The van der Waals surface area contributed by atoms with Crippen LogP contribution in [0.4, 0.5) is 5.69 Å². The second-order valence-electron chi connectivity index (χ2n) is 10.4. The number of rotatable bonds is 11. The molecule has 0 saturated carbocycles. The van der Waals surface area contributed by atoms with Crippen LogP contribution in [0.5, 0.6) is 0 Å². The van der Waals surface area contributed by atoms with Gasteiger partial charge in [-0.2, -0.15) is 0 Å². The molecule has 0 bridgehead atoms. The number of carbonyl (C=O) groups is 2. The zero-order valence-corrected chi connectivity index (χ0v) is 25.5. The molecule has 0 saturated heterocycles. The van der Waals surface area contributed by atoms with Crippen LogP contribution in [-0.4, -0.2) is 43.8 Å². The SMILES string of the molecule is CC[C@@H](C(=O)NC(C)C)N(Cc1ccc(C)cc1)C(=O)CN(c1cc(Cl)ccc1C)S(=O)(=O)c1ccc(C)cc1. The smallest absolute Gasteiger partial charge is 0.264 e. The number of nitrogens with zero attached hydrogens (tertiary/aromatic N) is 2. The Kier molecular flexibility index (Phi) is 10.4. The highest BCUT2D eigenvalue weighted by Gasteiger charge is 2.34. The predicted octanol–water partition coefficient (Wildman–Crippen LogP) is 5.79. The summed E-state index contributed by atoms with van der Waals surface area (Å²) in [4.78, 5) is 28.9. The van der Waals surface area contributed by atoms with E-state index in [0.29, 0.717) is 22.7 Å². The van der Waals surface area contributed by atoms with Gasteiger partial charge < -0.3 is 10.2 Å². The molecule has 0 unspecified atom stereocenters. The predicted molar refractivity (Wildman–Crippen MR) is 161 cm³/mol. The summed E-state index contributed by atoms with van der Waals surface area (Å²) in [5.74, 6) is -0.786. The van der Waals surface area contributed by atoms with Gasteiger partial charge in [0.25, 0.3) is 10.0 Å². The topological polar surface area (TPSA) is 86.8 Å². The van der Waals surface area contributed by atoms with Gasteiger partial charge in [-0.1, -0.05) is 72.1 Å². The number of halogens is 1. The first-order chi connectivity index (χ1) is 18.8. The van der Waals surface area contributed by atoms with Crippen LogP contribution in [0.2, 0.25) is 5.02 Å². The van der Waals surface area contributed by atoms with Crippen LogP contribution in [-0.2, 0) is 26.2 Å². The maximum Gasteiger partial charge on any atom is 0.264 e. The first kappa shape index (κ1) is 31.2. The molecule has 40 heavy (non-hydrogen) atoms. The van der Waals surface area contributed by atoms with Crippen LogP contribution in [0.3, 0.4) is 0 Å². The number of hydrogen-bond donors (Lipinski definition) is 1. The van der Waals surface area contributed by atoms with Crippen molar-refractivity contribution in [1.82, 2.24) is 10.2 Å². The largest absolute Gasteiger partial charge is 0.352 e. The summed E-state index contributed by atoms with van der Waals surface area (Å²) in [7, 11) is -4.16. The van der Waals surface area contributed by atoms with E-state index in [1.807, 2.05) is 58.9 Å². The average Bonchev–Trinajstić information content (AvgIpc) is 2.89. The summed E-state index contributed by atoms with van der Waals surface area (Å²) < 4.78 is 29.1. The van der Waals surface area contributed by atoms with Gasteiger partial charge in [-0.15, -0.1) is 0 Å². The highest BCUT2D eigenvalue weighted by molar-refractivity contribution is 7.92. The fourth-order valence-corrected chi connectivity index (χ4v) is 6.03. The standard InChI is InChI=1S/C31H38ClN3O4S/c1-7-28(31(37)33-21(2)3)34(19-25-13-8-22(4)9-14-25)30(36)20-35(29-18-26(32)15-12-24(29)6)40(38,39)27-16-10-23(5)11-17-27/h8-18,21,28H,7,19-20H2,1-6H3,(H,33,37)/t28-/m0/s1. The van der Waals surface area contributed by atoms with E-state index in [2.05, 4.69) is 5.32 Å². The van der Waals surface area contributed by atoms with Gasteiger partial charge in [0, 0.05) is 17.6 Å². The fraction of sp³-hybridized carbons (Fsp3) is 0.355. The van der Waals surface area contributed by atoms with Gasteiger partial charge >= 0.3 is 0 Å². The molecular weight excluding hydrogens is 546 g/mol. The molecule has 1 atom stereocenters. The molecule has 0 aliphatic carbocycles. The lowest BCUT2D eigenvalue weighted by Crippen LogP contribution is -2.53. The number of anilines is 1. The van der Waals surface area contributed by atoms with Crippen molar-refractivity contribution < 1.29 is 18.0 Å². The lowest BCUT2D eigenvalue weighted by molar-refractivity contribution is -0.140. The van der Waals surface area contributed by atoms with E-state index in [4.69, 9.17) is 11.6 Å². The second kappa shape index (κ2) is 13.3. The molecule has 1 N–H and O–H groups in total. The molecule has 0 fully saturated rings. The number of sulfonamides is 1. The van der Waals surface area contributed by atoms with Crippen molar-refractivity contribution in [2.75, 3.05) is 10.8 Å². The highest BCUT2D eigenvalue weighted by Crippen LogP contribution is 2.30. The van der Waals surface area contributed by atoms with Gasteiger partial charge in [0.15, 0.2) is 0 Å². The first-order valence-corrected chi connectivity index (χ1v) is 15.2. The second-order valence-corrected chi connectivity index (χ2v) is 12.6. The van der Waals surface area contributed by atoms with Crippen LogP contribution >= 0.6 is 11.6 Å². The molecule has 7 nitrogen and oxygen atoms in total. The molecule has 0 aliphatic rings. The highest BCUT2D eigenvalue weighted by atomic mass is 35.5. The molecule has 0 aromatic heterocycles. The number of benzene rings is 3. The Morgan fingerprint density at radius 1 is 0.900 bits per heavy atom. The Bertz CT molecular complexity index is 1440. The number of nitrogens with one attached hydrogen (secondary N) is 1. The van der Waals surface area contributed by atoms with E-state index in [-0.39, 0.29) is 23.4 Å². The van der Waals surface area contributed by atoms with Crippen LogP contribution in [0.15, 0.2) is 71.6 Å². The molecular formula is C31H38ClN3O4S. The molecule has 3 rings (SSSR count). The summed E-state index contributed by atoms with van der Waals surface area (Å²) in [5.41, 5.74) is 3.75. The van der Waals surface area contributed by atoms with Crippen molar-refractivity contribution in [2.24, 2.45) is 0 Å². The minimum Gasteiger partial charge on any atom is -0.352 e. The first-order valence-electron chi connectivity index (χ1n) is 13.3. The molecule has 0 heterocycles. The fourth-order valence-electron chi connectivity index (χ4n) is 4.39. The van der Waals surface area contributed by atoms with Gasteiger partial charge in [-0.05, 0) is 76.4 Å². The normalized spacial score (nSPS) is 12.2. The Morgan fingerprint density at radius 3 is 2.02 bits per heavy atom. The van der Waals surface area contributed by atoms with E-state index in [9.17, 15) is 18.0 Å². The van der Waals surface area contributed by atoms with Crippen LogP contribution in [0.25, 0.3) is 0 Å². The summed E-state index contributed by atoms with van der Waals surface area (Å²) in [6.45, 7) is 10.8. The molecule has 214 valence electrons. The number of carbonyl (C=O) groups excluding carboxylic acids is 2. The van der Waals surface area contributed by atoms with Crippen molar-refractivity contribution in [2.45, 2.75) is 71.5 Å². The van der Waals surface area contributed by atoms with Crippen molar-refractivity contribution in [3.8, 4) is 0 Å². The van der Waals surface area contributed by atoms with Crippen LogP contribution in [0, 0.1) is 20.8 Å². The van der Waals surface area contributed by atoms with Crippen molar-refractivity contribution in [1.29, 1.82) is 0 Å². The third-order valence-electron chi connectivity index (χ3n) is 6.62. The van der Waals surface area contributed by atoms with Gasteiger partial charge in [0.2, 0.25) is 11.8 Å². The Balaban J connectivity index is 2.10. The average molecular weight is 584 g/mol. The van der Waals surface area contributed by atoms with E-state index in [1.54, 1.807) is 37.3 Å². The summed E-state index contributed by atoms with van der Waals surface area (Å²) >= 11 is 6.29. The van der Waals surface area contributed by atoms with E-state index < -0.39 is 28.5 Å². The molecule has 3 aromatic carbocycles. The minimum atomic E-state index is -4.16. The number of aryl methyl sites for hydroxylation is 3. The Morgan fingerprint density at radius 2 is 1.48 bits per heavy atom. The molecule has 3 aromatic rings. The lowest BCUT2D eigenvalue weighted by Gasteiger charge is -2.34. The minimum absolute atomic E-state index is 0.0555. The maximum atomic E-state index is 14.1. The van der Waals surface area contributed by atoms with Crippen molar-refractivity contribution in [3.05, 3.63) is 94.0 Å². The van der Waals surface area contributed by atoms with E-state index in [0.717, 1.165) is 21.0 Å². The molecule has 9 heteroatoms. The summed E-state index contributed by atoms with van der Waals surface area (Å²) in [6.07, 6.45) is 0.358. The van der Waals surface area contributed by atoms with Crippen LogP contribution in [0.1, 0.15) is 49.4 Å². The molecule has 2 amide bonds. The van der Waals surface area contributed by atoms with Gasteiger partial charge in [0.1, 0.15) is 12.6 Å². The van der Waals surface area contributed by atoms with E-state index in [1.165, 1.54) is 17.0 Å². The van der Waals surface area contributed by atoms with Gasteiger partial charge in [-0.3, -0.25) is 13.9 Å². The monoisotopic (exact) mass is 583 g/mol. The quantitative estimate of drug-likeness (QED) is 0.309. The number of hydrogen-bond acceptors (Lipinski definition) is 4. The third kappa shape index (κ3) is 7.64. The summed E-state index contributed by atoms with van der Waals surface area (Å²) in [5, 5.41) is 3.25. The van der Waals surface area contributed by atoms with E-state index >= 15 is 0 Å². The Labute approximate surface area is 243 Å². The van der Waals surface area contributed by atoms with Crippen molar-refractivity contribution >= 4 is 39.1 Å². The van der Waals surface area contributed by atoms with Crippen molar-refractivity contribution in [3.63, 3.8) is 0 Å². The van der Waals surface area contributed by atoms with Gasteiger partial charge in [-0.25, -0.2) is 8.42 Å². The third-order valence-corrected chi connectivity index (χ3v) is 8.63. The molecule has 0 aliphatic heterocycles. The zero-order valence-electron chi connectivity index (χ0n) is 23.9. The Hall–Kier alpha value is -3.36. The lowest BCUT2D eigenvalue weighted by atomic mass is 10.1. The molecule has 0 spiro atoms. The molecule has 0 radical (unpaired) electrons.